The zero-order chi connectivity index (χ0) is 7.28. The third kappa shape index (κ3) is 3.93. The van der Waals surface area contributed by atoms with Crippen LogP contribution in [-0.2, 0) is 14.6 Å². The molecule has 0 rings (SSSR count). The summed E-state index contributed by atoms with van der Waals surface area (Å²) in [6.07, 6.45) is -0.369. The van der Waals surface area contributed by atoms with Gasteiger partial charge in [0.2, 0.25) is 0 Å². The Morgan fingerprint density at radius 3 is 2.67 bits per heavy atom. The molecule has 4 heteroatoms. The summed E-state index contributed by atoms with van der Waals surface area (Å²) in [5.74, 6) is -0.538. The zero-order valence-corrected chi connectivity index (χ0v) is 5.51. The first-order valence-corrected chi connectivity index (χ1v) is 2.61. The Hall–Kier alpha value is -0.610. The molecule has 0 heterocycles. The van der Waals surface area contributed by atoms with Gasteiger partial charge in [0.1, 0.15) is 6.23 Å². The monoisotopic (exact) mass is 132 g/mol. The van der Waals surface area contributed by atoms with E-state index in [4.69, 9.17) is 0 Å². The first-order chi connectivity index (χ1) is 4.20. The van der Waals surface area contributed by atoms with Gasteiger partial charge in [-0.25, -0.2) is 5.11 Å². The van der Waals surface area contributed by atoms with Crippen molar-refractivity contribution in [1.29, 1.82) is 0 Å². The van der Waals surface area contributed by atoms with Crippen molar-refractivity contribution in [2.75, 3.05) is 13.7 Å². The lowest BCUT2D eigenvalue weighted by Crippen LogP contribution is -2.35. The number of amides is 1. The van der Waals surface area contributed by atoms with Gasteiger partial charge < -0.3 is 10.1 Å². The fraction of sp³-hybridized carbons (Fsp3) is 0.800. The molecule has 4 nitrogen and oxygen atoms in total. The summed E-state index contributed by atoms with van der Waals surface area (Å²) in [7, 11) is 1.45. The Morgan fingerprint density at radius 1 is 1.78 bits per heavy atom. The smallest absolute Gasteiger partial charge is 0.251 e. The van der Waals surface area contributed by atoms with Crippen LogP contribution in [0.1, 0.15) is 6.92 Å². The lowest BCUT2D eigenvalue weighted by molar-refractivity contribution is -0.128. The van der Waals surface area contributed by atoms with Crippen LogP contribution in [0.5, 0.6) is 0 Å². The molecule has 1 atom stereocenters. The van der Waals surface area contributed by atoms with Gasteiger partial charge in [0.15, 0.2) is 6.61 Å². The highest BCUT2D eigenvalue weighted by molar-refractivity contribution is 5.76. The Bertz CT molecular complexity index is 94.2. The van der Waals surface area contributed by atoms with Gasteiger partial charge in [0, 0.05) is 7.11 Å². The van der Waals surface area contributed by atoms with Gasteiger partial charge in [0.25, 0.3) is 5.91 Å². The molecule has 0 bridgehead atoms. The normalized spacial score (nSPS) is 12.8. The molecule has 0 saturated heterocycles. The maximum Gasteiger partial charge on any atom is 0.251 e. The van der Waals surface area contributed by atoms with Gasteiger partial charge in [-0.05, 0) is 6.92 Å². The van der Waals surface area contributed by atoms with E-state index in [2.05, 4.69) is 10.1 Å². The Morgan fingerprint density at radius 2 is 2.33 bits per heavy atom. The second kappa shape index (κ2) is 4.29. The Balaban J connectivity index is 3.34. The molecule has 1 N–H and O–H groups in total. The van der Waals surface area contributed by atoms with Crippen LogP contribution < -0.4 is 5.32 Å². The van der Waals surface area contributed by atoms with Crippen LogP contribution in [-0.4, -0.2) is 25.9 Å². The topological polar surface area (TPSA) is 58.2 Å². The van der Waals surface area contributed by atoms with E-state index in [0.717, 1.165) is 0 Å². The summed E-state index contributed by atoms with van der Waals surface area (Å²) in [5.41, 5.74) is 0. The molecule has 0 aromatic heterocycles. The lowest BCUT2D eigenvalue weighted by Gasteiger charge is -2.08. The Kier molecular flexibility index (Phi) is 4.00. The summed E-state index contributed by atoms with van der Waals surface area (Å²) in [4.78, 5) is 10.3. The first-order valence-electron chi connectivity index (χ1n) is 2.61. The molecule has 1 unspecified atom stereocenters. The summed E-state index contributed by atoms with van der Waals surface area (Å²) in [6.45, 7) is 0.904. The molecule has 1 amide bonds. The van der Waals surface area contributed by atoms with E-state index in [-0.39, 0.29) is 6.23 Å². The third-order valence-corrected chi connectivity index (χ3v) is 0.849. The van der Waals surface area contributed by atoms with Gasteiger partial charge in [0.05, 0.1) is 0 Å². The largest absolute Gasteiger partial charge is 0.362 e. The predicted octanol–water partition coefficient (Wildman–Crippen LogP) is -0.475. The summed E-state index contributed by atoms with van der Waals surface area (Å²) in [5, 5.41) is 12.1. The second-order valence-electron chi connectivity index (χ2n) is 1.59. The highest BCUT2D eigenvalue weighted by atomic mass is 16.5. The molecule has 0 saturated carbocycles. The van der Waals surface area contributed by atoms with Crippen molar-refractivity contribution in [3.8, 4) is 0 Å². The van der Waals surface area contributed by atoms with Gasteiger partial charge in [-0.2, -0.15) is 0 Å². The number of nitrogens with one attached hydrogen (secondary N) is 1. The van der Waals surface area contributed by atoms with E-state index in [0.29, 0.717) is 0 Å². The summed E-state index contributed by atoms with van der Waals surface area (Å²) >= 11 is 0. The van der Waals surface area contributed by atoms with E-state index < -0.39 is 12.5 Å². The van der Waals surface area contributed by atoms with Crippen molar-refractivity contribution in [2.45, 2.75) is 13.2 Å². The molecule has 0 aromatic rings. The standard InChI is InChI=1S/C5H10NO3/c1-4(9-2)6-5(8)3-7/h4H,3H2,1-2H3,(H,6,8). The van der Waals surface area contributed by atoms with E-state index in [1.165, 1.54) is 7.11 Å². The van der Waals surface area contributed by atoms with E-state index in [1.54, 1.807) is 6.92 Å². The van der Waals surface area contributed by atoms with Gasteiger partial charge in [-0.3, -0.25) is 4.79 Å². The van der Waals surface area contributed by atoms with Crippen LogP contribution in [0.2, 0.25) is 0 Å². The van der Waals surface area contributed by atoms with Gasteiger partial charge >= 0.3 is 0 Å². The number of methoxy groups -OCH3 is 1. The maximum absolute atomic E-state index is 10.3. The molecule has 0 spiro atoms. The molecule has 0 aliphatic carbocycles. The molecule has 1 radical (unpaired) electrons. The maximum atomic E-state index is 10.3. The average molecular weight is 132 g/mol. The number of hydrogen-bond acceptors (Lipinski definition) is 2. The second-order valence-corrected chi connectivity index (χ2v) is 1.59. The van der Waals surface area contributed by atoms with Crippen molar-refractivity contribution in [2.24, 2.45) is 0 Å². The lowest BCUT2D eigenvalue weighted by atomic mass is 10.5. The predicted molar refractivity (Wildman–Crippen MR) is 30.2 cm³/mol. The minimum atomic E-state index is -0.742. The van der Waals surface area contributed by atoms with Crippen molar-refractivity contribution >= 4 is 5.91 Å². The van der Waals surface area contributed by atoms with Crippen molar-refractivity contribution in [1.82, 2.24) is 5.32 Å². The quantitative estimate of drug-likeness (QED) is 0.527. The summed E-state index contributed by atoms with van der Waals surface area (Å²) in [6, 6.07) is 0. The number of ether oxygens (including phenoxy) is 1. The fourth-order valence-corrected chi connectivity index (χ4v) is 0.327. The van der Waals surface area contributed by atoms with Crippen molar-refractivity contribution < 1.29 is 14.6 Å². The molecular weight excluding hydrogens is 122 g/mol. The highest BCUT2D eigenvalue weighted by Gasteiger charge is 2.02. The van der Waals surface area contributed by atoms with Crippen LogP contribution in [0.3, 0.4) is 0 Å². The third-order valence-electron chi connectivity index (χ3n) is 0.849. The van der Waals surface area contributed by atoms with Crippen LogP contribution in [0.25, 0.3) is 0 Å². The number of carbonyl (C=O) groups excluding carboxylic acids is 1. The van der Waals surface area contributed by atoms with Crippen LogP contribution in [0.15, 0.2) is 0 Å². The minimum Gasteiger partial charge on any atom is -0.362 e. The number of hydrogen-bond donors (Lipinski definition) is 1. The zero-order valence-electron chi connectivity index (χ0n) is 5.51. The van der Waals surface area contributed by atoms with E-state index in [9.17, 15) is 9.90 Å². The van der Waals surface area contributed by atoms with Gasteiger partial charge in [-0.1, -0.05) is 0 Å². The molecule has 0 fully saturated rings. The van der Waals surface area contributed by atoms with E-state index in [1.807, 2.05) is 0 Å². The fourth-order valence-electron chi connectivity index (χ4n) is 0.327. The molecule has 0 aromatic carbocycles. The minimum absolute atomic E-state index is 0.369. The Labute approximate surface area is 53.8 Å². The highest BCUT2D eigenvalue weighted by Crippen LogP contribution is 1.78. The number of rotatable bonds is 3. The molecule has 9 heavy (non-hydrogen) atoms. The first kappa shape index (κ1) is 8.39. The van der Waals surface area contributed by atoms with Crippen LogP contribution in [0.4, 0.5) is 0 Å². The molecular formula is C5H10NO3. The van der Waals surface area contributed by atoms with E-state index >= 15 is 0 Å². The van der Waals surface area contributed by atoms with Crippen molar-refractivity contribution in [3.05, 3.63) is 0 Å². The molecule has 53 valence electrons. The van der Waals surface area contributed by atoms with Crippen LogP contribution in [0, 0.1) is 0 Å². The summed E-state index contributed by atoms with van der Waals surface area (Å²) < 4.78 is 4.65. The van der Waals surface area contributed by atoms with Crippen LogP contribution >= 0.6 is 0 Å². The van der Waals surface area contributed by atoms with Gasteiger partial charge in [-0.15, -0.1) is 0 Å². The van der Waals surface area contributed by atoms with Crippen molar-refractivity contribution in [3.63, 3.8) is 0 Å². The molecule has 0 aliphatic rings. The average Bonchev–Trinajstić information content (AvgIpc) is 1.87. The molecule has 0 aliphatic heterocycles. The number of carbonyl (C=O) groups is 1. The SMILES string of the molecule is COC(C)NC(=O)C[O].